The minimum absolute atomic E-state index is 0.00724. The lowest BCUT2D eigenvalue weighted by Gasteiger charge is -2.32. The van der Waals surface area contributed by atoms with Crippen molar-refractivity contribution < 1.29 is 14.3 Å². The van der Waals surface area contributed by atoms with E-state index in [9.17, 15) is 9.59 Å². The first-order chi connectivity index (χ1) is 15.1. The fourth-order valence-electron chi connectivity index (χ4n) is 4.25. The molecule has 2 aromatic rings. The van der Waals surface area contributed by atoms with E-state index in [-0.39, 0.29) is 17.9 Å². The Morgan fingerprint density at radius 2 is 1.77 bits per heavy atom. The molecule has 2 amide bonds. The smallest absolute Gasteiger partial charge is 0.243 e. The van der Waals surface area contributed by atoms with Crippen LogP contribution in [0.4, 0.5) is 0 Å². The van der Waals surface area contributed by atoms with E-state index in [1.807, 2.05) is 61.5 Å². The molecule has 166 valence electrons. The number of rotatable bonds is 10. The molecule has 31 heavy (non-hydrogen) atoms. The molecule has 1 atom stereocenters. The van der Waals surface area contributed by atoms with Gasteiger partial charge in [0.1, 0.15) is 11.8 Å². The second kappa shape index (κ2) is 11.5. The Hall–Kier alpha value is -2.82. The molecular weight excluding hydrogens is 388 g/mol. The van der Waals surface area contributed by atoms with Crippen molar-refractivity contribution in [2.24, 2.45) is 0 Å². The van der Waals surface area contributed by atoms with Crippen LogP contribution in [0.3, 0.4) is 0 Å². The summed E-state index contributed by atoms with van der Waals surface area (Å²) < 4.78 is 5.35. The first-order valence-electron chi connectivity index (χ1n) is 11.4. The number of nitrogens with one attached hydrogen (secondary N) is 1. The summed E-state index contributed by atoms with van der Waals surface area (Å²) in [4.78, 5) is 28.4. The van der Waals surface area contributed by atoms with Crippen molar-refractivity contribution in [1.29, 1.82) is 0 Å². The third-order valence-corrected chi connectivity index (χ3v) is 5.92. The highest BCUT2D eigenvalue weighted by molar-refractivity contribution is 5.88. The van der Waals surface area contributed by atoms with Crippen LogP contribution < -0.4 is 10.1 Å². The van der Waals surface area contributed by atoms with E-state index in [1.165, 1.54) is 0 Å². The minimum Gasteiger partial charge on any atom is -0.497 e. The Morgan fingerprint density at radius 3 is 2.45 bits per heavy atom. The highest BCUT2D eigenvalue weighted by Gasteiger charge is 2.31. The van der Waals surface area contributed by atoms with Crippen LogP contribution in [0.2, 0.25) is 0 Å². The van der Waals surface area contributed by atoms with Crippen LogP contribution >= 0.6 is 0 Å². The maximum atomic E-state index is 13.4. The van der Waals surface area contributed by atoms with Crippen LogP contribution in [-0.4, -0.2) is 35.9 Å². The fourth-order valence-corrected chi connectivity index (χ4v) is 4.25. The SMILES string of the molecule is CCCC(=O)N(Cc1cccc(OC)c1)[C@H](Cc1ccccc1)C(=O)NC1CCCC1. The molecule has 1 aliphatic rings. The van der Waals surface area contributed by atoms with Crippen LogP contribution in [0.15, 0.2) is 54.6 Å². The second-order valence-corrected chi connectivity index (χ2v) is 8.32. The number of methoxy groups -OCH3 is 1. The fraction of sp³-hybridized carbons (Fsp3) is 0.462. The van der Waals surface area contributed by atoms with Gasteiger partial charge in [0.15, 0.2) is 0 Å². The second-order valence-electron chi connectivity index (χ2n) is 8.32. The Morgan fingerprint density at radius 1 is 1.06 bits per heavy atom. The van der Waals surface area contributed by atoms with Gasteiger partial charge in [0.2, 0.25) is 11.8 Å². The van der Waals surface area contributed by atoms with Crippen LogP contribution in [0.1, 0.15) is 56.6 Å². The van der Waals surface area contributed by atoms with E-state index >= 15 is 0 Å². The monoisotopic (exact) mass is 422 g/mol. The molecule has 0 aliphatic heterocycles. The average molecular weight is 423 g/mol. The van der Waals surface area contributed by atoms with Gasteiger partial charge in [-0.05, 0) is 42.5 Å². The highest BCUT2D eigenvalue weighted by atomic mass is 16.5. The van der Waals surface area contributed by atoms with Gasteiger partial charge in [0, 0.05) is 25.4 Å². The summed E-state index contributed by atoms with van der Waals surface area (Å²) in [5, 5.41) is 3.23. The Balaban J connectivity index is 1.89. The summed E-state index contributed by atoms with van der Waals surface area (Å²) >= 11 is 0. The zero-order chi connectivity index (χ0) is 22.1. The number of nitrogens with zero attached hydrogens (tertiary/aromatic N) is 1. The largest absolute Gasteiger partial charge is 0.497 e. The number of ether oxygens (including phenoxy) is 1. The van der Waals surface area contributed by atoms with E-state index in [0.717, 1.165) is 49.0 Å². The van der Waals surface area contributed by atoms with E-state index in [0.29, 0.717) is 19.4 Å². The topological polar surface area (TPSA) is 58.6 Å². The summed E-state index contributed by atoms with van der Waals surface area (Å²) in [6.45, 7) is 2.37. The molecule has 1 saturated carbocycles. The Labute approximate surface area is 185 Å². The Bertz CT molecular complexity index is 847. The van der Waals surface area contributed by atoms with Gasteiger partial charge < -0.3 is 15.0 Å². The van der Waals surface area contributed by atoms with Gasteiger partial charge in [0.25, 0.3) is 0 Å². The molecule has 0 radical (unpaired) electrons. The number of hydrogen-bond donors (Lipinski definition) is 1. The first kappa shape index (κ1) is 22.9. The number of amides is 2. The van der Waals surface area contributed by atoms with Crippen molar-refractivity contribution in [1.82, 2.24) is 10.2 Å². The van der Waals surface area contributed by atoms with Crippen molar-refractivity contribution >= 4 is 11.8 Å². The van der Waals surface area contributed by atoms with E-state index < -0.39 is 6.04 Å². The maximum absolute atomic E-state index is 13.4. The van der Waals surface area contributed by atoms with E-state index in [2.05, 4.69) is 5.32 Å². The van der Waals surface area contributed by atoms with Crippen molar-refractivity contribution in [3.63, 3.8) is 0 Å². The van der Waals surface area contributed by atoms with Crippen LogP contribution in [-0.2, 0) is 22.6 Å². The summed E-state index contributed by atoms with van der Waals surface area (Å²) in [6.07, 6.45) is 6.00. The summed E-state index contributed by atoms with van der Waals surface area (Å²) in [6, 6.07) is 17.3. The van der Waals surface area contributed by atoms with Gasteiger partial charge in [-0.15, -0.1) is 0 Å². The van der Waals surface area contributed by atoms with Crippen LogP contribution in [0, 0.1) is 0 Å². The molecule has 2 aromatic carbocycles. The normalized spacial score (nSPS) is 14.8. The van der Waals surface area contributed by atoms with Gasteiger partial charge in [-0.2, -0.15) is 0 Å². The predicted octanol–water partition coefficient (Wildman–Crippen LogP) is 4.49. The van der Waals surface area contributed by atoms with Crippen molar-refractivity contribution in [3.8, 4) is 5.75 Å². The lowest BCUT2D eigenvalue weighted by Crippen LogP contribution is -2.52. The Kier molecular flexibility index (Phi) is 8.51. The molecule has 1 aliphatic carbocycles. The zero-order valence-corrected chi connectivity index (χ0v) is 18.7. The minimum atomic E-state index is -0.548. The predicted molar refractivity (Wildman–Crippen MR) is 123 cm³/mol. The lowest BCUT2D eigenvalue weighted by molar-refractivity contribution is -0.141. The average Bonchev–Trinajstić information content (AvgIpc) is 3.30. The molecule has 0 spiro atoms. The summed E-state index contributed by atoms with van der Waals surface area (Å²) in [5.41, 5.74) is 2.00. The van der Waals surface area contributed by atoms with Gasteiger partial charge in [0.05, 0.1) is 7.11 Å². The van der Waals surface area contributed by atoms with Crippen molar-refractivity contribution in [3.05, 3.63) is 65.7 Å². The molecule has 0 aromatic heterocycles. The molecule has 3 rings (SSSR count). The lowest BCUT2D eigenvalue weighted by atomic mass is 10.0. The van der Waals surface area contributed by atoms with Crippen LogP contribution in [0.25, 0.3) is 0 Å². The van der Waals surface area contributed by atoms with Gasteiger partial charge in [-0.3, -0.25) is 9.59 Å². The maximum Gasteiger partial charge on any atom is 0.243 e. The van der Waals surface area contributed by atoms with E-state index in [4.69, 9.17) is 4.74 Å². The molecule has 5 nitrogen and oxygen atoms in total. The summed E-state index contributed by atoms with van der Waals surface area (Å²) in [7, 11) is 1.63. The number of carbonyl (C=O) groups excluding carboxylic acids is 2. The molecule has 0 bridgehead atoms. The molecule has 1 N–H and O–H groups in total. The van der Waals surface area contributed by atoms with Gasteiger partial charge in [-0.25, -0.2) is 0 Å². The first-order valence-corrected chi connectivity index (χ1v) is 11.4. The number of benzene rings is 2. The molecule has 0 heterocycles. The molecule has 0 saturated heterocycles. The van der Waals surface area contributed by atoms with Gasteiger partial charge >= 0.3 is 0 Å². The molecule has 5 heteroatoms. The molecule has 0 unspecified atom stereocenters. The zero-order valence-electron chi connectivity index (χ0n) is 18.7. The number of hydrogen-bond acceptors (Lipinski definition) is 3. The number of carbonyl (C=O) groups is 2. The summed E-state index contributed by atoms with van der Waals surface area (Å²) in [5.74, 6) is 0.700. The molecule has 1 fully saturated rings. The third kappa shape index (κ3) is 6.58. The van der Waals surface area contributed by atoms with Gasteiger partial charge in [-0.1, -0.05) is 62.2 Å². The third-order valence-electron chi connectivity index (χ3n) is 5.92. The standard InChI is InChI=1S/C26H34N2O3/c1-3-10-25(29)28(19-21-13-9-16-23(17-21)31-2)24(18-20-11-5-4-6-12-20)26(30)27-22-14-7-8-15-22/h4-6,9,11-13,16-17,22,24H,3,7-8,10,14-15,18-19H2,1-2H3,(H,27,30)/t24-/m1/s1. The van der Waals surface area contributed by atoms with Crippen LogP contribution in [0.5, 0.6) is 5.75 Å². The van der Waals surface area contributed by atoms with Crippen molar-refractivity contribution in [2.45, 2.75) is 70.5 Å². The van der Waals surface area contributed by atoms with Crippen molar-refractivity contribution in [2.75, 3.05) is 7.11 Å². The van der Waals surface area contributed by atoms with E-state index in [1.54, 1.807) is 12.0 Å². The quantitative estimate of drug-likeness (QED) is 0.614. The molecular formula is C26H34N2O3. The highest BCUT2D eigenvalue weighted by Crippen LogP contribution is 2.21.